The smallest absolute Gasteiger partial charge is 0.122 e. The van der Waals surface area contributed by atoms with E-state index < -0.39 is 0 Å². The minimum absolute atomic E-state index is 0.613. The van der Waals surface area contributed by atoms with Crippen molar-refractivity contribution < 1.29 is 4.74 Å². The van der Waals surface area contributed by atoms with E-state index in [4.69, 9.17) is 27.9 Å². The molecule has 0 unspecified atom stereocenters. The van der Waals surface area contributed by atoms with Crippen LogP contribution in [0.2, 0.25) is 10.0 Å². The van der Waals surface area contributed by atoms with Crippen molar-refractivity contribution in [2.24, 2.45) is 0 Å². The van der Waals surface area contributed by atoms with Gasteiger partial charge in [0.2, 0.25) is 0 Å². The number of hydrogen-bond acceptors (Lipinski definition) is 2. The standard InChI is InChI=1S/C13H19Cl2NO/c1-16-6-4-2-3-5-7-17-13-9-11(14)8-12(15)10-13/h8-10,16H,2-7H2,1H3. The number of ether oxygens (including phenoxy) is 1. The fourth-order valence-electron chi connectivity index (χ4n) is 1.56. The van der Waals surface area contributed by atoms with Gasteiger partial charge < -0.3 is 10.1 Å². The van der Waals surface area contributed by atoms with Crippen molar-refractivity contribution in [3.63, 3.8) is 0 Å². The highest BCUT2D eigenvalue weighted by Gasteiger charge is 1.99. The Hall–Kier alpha value is -0.440. The molecule has 0 saturated carbocycles. The van der Waals surface area contributed by atoms with Crippen LogP contribution in [0.4, 0.5) is 0 Å². The molecule has 0 amide bonds. The molecule has 0 aliphatic rings. The number of hydrogen-bond donors (Lipinski definition) is 1. The molecule has 1 rings (SSSR count). The van der Waals surface area contributed by atoms with Gasteiger partial charge >= 0.3 is 0 Å². The van der Waals surface area contributed by atoms with Crippen molar-refractivity contribution in [1.82, 2.24) is 5.32 Å². The molecule has 0 heterocycles. The van der Waals surface area contributed by atoms with Crippen molar-refractivity contribution in [2.75, 3.05) is 20.2 Å². The first-order chi connectivity index (χ1) is 8.22. The number of unbranched alkanes of at least 4 members (excludes halogenated alkanes) is 3. The van der Waals surface area contributed by atoms with Gasteiger partial charge in [-0.05, 0) is 44.6 Å². The fourth-order valence-corrected chi connectivity index (χ4v) is 2.07. The zero-order valence-electron chi connectivity index (χ0n) is 10.1. The third-order valence-electron chi connectivity index (χ3n) is 2.43. The summed E-state index contributed by atoms with van der Waals surface area (Å²) < 4.78 is 5.59. The number of benzene rings is 1. The Morgan fingerprint density at radius 1 is 1.00 bits per heavy atom. The van der Waals surface area contributed by atoms with E-state index in [1.165, 1.54) is 19.3 Å². The summed E-state index contributed by atoms with van der Waals surface area (Å²) in [6.07, 6.45) is 4.71. The predicted octanol–water partition coefficient (Wildman–Crippen LogP) is 4.15. The van der Waals surface area contributed by atoms with E-state index in [9.17, 15) is 0 Å². The normalized spacial score (nSPS) is 10.5. The van der Waals surface area contributed by atoms with Gasteiger partial charge in [0.1, 0.15) is 5.75 Å². The van der Waals surface area contributed by atoms with Gasteiger partial charge in [0.25, 0.3) is 0 Å². The Balaban J connectivity index is 2.13. The van der Waals surface area contributed by atoms with Crippen LogP contribution in [0.1, 0.15) is 25.7 Å². The first-order valence-electron chi connectivity index (χ1n) is 5.96. The maximum absolute atomic E-state index is 5.88. The molecule has 0 aliphatic heterocycles. The van der Waals surface area contributed by atoms with Gasteiger partial charge in [0, 0.05) is 10.0 Å². The lowest BCUT2D eigenvalue weighted by molar-refractivity contribution is 0.304. The molecular weight excluding hydrogens is 257 g/mol. The molecule has 2 nitrogen and oxygen atoms in total. The second-order valence-electron chi connectivity index (χ2n) is 3.97. The average Bonchev–Trinajstić information content (AvgIpc) is 2.26. The van der Waals surface area contributed by atoms with Gasteiger partial charge in [0.15, 0.2) is 0 Å². The summed E-state index contributed by atoms with van der Waals surface area (Å²) in [5, 5.41) is 4.36. The van der Waals surface area contributed by atoms with E-state index >= 15 is 0 Å². The highest BCUT2D eigenvalue weighted by Crippen LogP contribution is 2.24. The highest BCUT2D eigenvalue weighted by molar-refractivity contribution is 6.34. The van der Waals surface area contributed by atoms with Crippen LogP contribution in [0, 0.1) is 0 Å². The van der Waals surface area contributed by atoms with Crippen LogP contribution in [0.3, 0.4) is 0 Å². The Morgan fingerprint density at radius 3 is 2.29 bits per heavy atom. The summed E-state index contributed by atoms with van der Waals surface area (Å²) in [7, 11) is 1.98. The molecule has 1 aromatic carbocycles. The highest BCUT2D eigenvalue weighted by atomic mass is 35.5. The Labute approximate surface area is 113 Å². The lowest BCUT2D eigenvalue weighted by Gasteiger charge is -2.07. The summed E-state index contributed by atoms with van der Waals surface area (Å²) >= 11 is 11.8. The van der Waals surface area contributed by atoms with Crippen molar-refractivity contribution in [1.29, 1.82) is 0 Å². The van der Waals surface area contributed by atoms with Crippen molar-refractivity contribution >= 4 is 23.2 Å². The van der Waals surface area contributed by atoms with Crippen LogP contribution in [0.15, 0.2) is 18.2 Å². The Kier molecular flexibility index (Phi) is 7.41. The SMILES string of the molecule is CNCCCCCCOc1cc(Cl)cc(Cl)c1. The second-order valence-corrected chi connectivity index (χ2v) is 4.84. The summed E-state index contributed by atoms with van der Waals surface area (Å²) in [6, 6.07) is 5.27. The van der Waals surface area contributed by atoms with Crippen molar-refractivity contribution in [2.45, 2.75) is 25.7 Å². The molecule has 0 bridgehead atoms. The molecule has 0 radical (unpaired) electrons. The Bertz CT molecular complexity index is 311. The van der Waals surface area contributed by atoms with E-state index in [1.807, 2.05) is 7.05 Å². The number of nitrogens with one attached hydrogen (secondary N) is 1. The number of rotatable bonds is 8. The van der Waals surface area contributed by atoms with Crippen molar-refractivity contribution in [3.05, 3.63) is 28.2 Å². The largest absolute Gasteiger partial charge is 0.493 e. The van der Waals surface area contributed by atoms with E-state index in [0.717, 1.165) is 25.3 Å². The summed E-state index contributed by atoms with van der Waals surface area (Å²) in [4.78, 5) is 0. The predicted molar refractivity (Wildman–Crippen MR) is 74.4 cm³/mol. The molecule has 4 heteroatoms. The van der Waals surface area contributed by atoms with Gasteiger partial charge in [-0.1, -0.05) is 36.0 Å². The molecule has 0 aliphatic carbocycles. The van der Waals surface area contributed by atoms with Gasteiger partial charge in [-0.3, -0.25) is 0 Å². The summed E-state index contributed by atoms with van der Waals surface area (Å²) in [5.74, 6) is 0.748. The van der Waals surface area contributed by atoms with Crippen LogP contribution in [-0.4, -0.2) is 20.2 Å². The van der Waals surface area contributed by atoms with Gasteiger partial charge in [-0.15, -0.1) is 0 Å². The molecule has 0 aromatic heterocycles. The third-order valence-corrected chi connectivity index (χ3v) is 2.86. The fraction of sp³-hybridized carbons (Fsp3) is 0.538. The monoisotopic (exact) mass is 275 g/mol. The van der Waals surface area contributed by atoms with E-state index in [2.05, 4.69) is 5.32 Å². The van der Waals surface area contributed by atoms with E-state index in [1.54, 1.807) is 18.2 Å². The van der Waals surface area contributed by atoms with Crippen molar-refractivity contribution in [3.8, 4) is 5.75 Å². The van der Waals surface area contributed by atoms with Gasteiger partial charge in [-0.2, -0.15) is 0 Å². The van der Waals surface area contributed by atoms with Gasteiger partial charge in [0.05, 0.1) is 6.61 Å². The van der Waals surface area contributed by atoms with Gasteiger partial charge in [-0.25, -0.2) is 0 Å². The Morgan fingerprint density at radius 2 is 1.65 bits per heavy atom. The molecule has 0 saturated heterocycles. The van der Waals surface area contributed by atoms with Crippen LogP contribution < -0.4 is 10.1 Å². The molecule has 17 heavy (non-hydrogen) atoms. The third kappa shape index (κ3) is 6.77. The minimum Gasteiger partial charge on any atom is -0.493 e. The minimum atomic E-state index is 0.613. The summed E-state index contributed by atoms with van der Waals surface area (Å²) in [5.41, 5.74) is 0. The molecule has 1 aromatic rings. The van der Waals surface area contributed by atoms with E-state index in [-0.39, 0.29) is 0 Å². The van der Waals surface area contributed by atoms with Crippen LogP contribution in [0.5, 0.6) is 5.75 Å². The molecule has 0 fully saturated rings. The topological polar surface area (TPSA) is 21.3 Å². The molecule has 0 atom stereocenters. The molecule has 1 N–H and O–H groups in total. The van der Waals surface area contributed by atoms with E-state index in [0.29, 0.717) is 10.0 Å². The van der Waals surface area contributed by atoms with Crippen LogP contribution in [-0.2, 0) is 0 Å². The molecule has 96 valence electrons. The lowest BCUT2D eigenvalue weighted by atomic mass is 10.2. The number of halogens is 2. The van der Waals surface area contributed by atoms with Crippen LogP contribution in [0.25, 0.3) is 0 Å². The van der Waals surface area contributed by atoms with Crippen LogP contribution >= 0.6 is 23.2 Å². The molecule has 0 spiro atoms. The first-order valence-corrected chi connectivity index (χ1v) is 6.71. The lowest BCUT2D eigenvalue weighted by Crippen LogP contribution is -2.07. The zero-order chi connectivity index (χ0) is 12.5. The molecular formula is C13H19Cl2NO. The quantitative estimate of drug-likeness (QED) is 0.720. The zero-order valence-corrected chi connectivity index (χ0v) is 11.7. The first kappa shape index (κ1) is 14.6. The summed E-state index contributed by atoms with van der Waals surface area (Å²) in [6.45, 7) is 1.81. The maximum Gasteiger partial charge on any atom is 0.122 e. The maximum atomic E-state index is 5.88. The second kappa shape index (κ2) is 8.62. The average molecular weight is 276 g/mol.